The van der Waals surface area contributed by atoms with E-state index in [-0.39, 0.29) is 46.5 Å². The van der Waals surface area contributed by atoms with E-state index in [1.54, 1.807) is 0 Å². The summed E-state index contributed by atoms with van der Waals surface area (Å²) in [5.74, 6) is 1.42. The zero-order valence-corrected chi connectivity index (χ0v) is 31.4. The number of aryl methyl sites for hydroxylation is 6. The molecule has 0 saturated heterocycles. The van der Waals surface area contributed by atoms with E-state index in [0.29, 0.717) is 0 Å². The minimum absolute atomic E-state index is 0. The summed E-state index contributed by atoms with van der Waals surface area (Å²) < 4.78 is 9.12. The number of allylic oxidation sites excluding steroid dienone is 4. The number of benzene rings is 2. The van der Waals surface area contributed by atoms with Crippen LogP contribution in [-0.2, 0) is 16.2 Å². The number of rotatable bonds is 2. The van der Waals surface area contributed by atoms with E-state index in [0.717, 1.165) is 0 Å². The van der Waals surface area contributed by atoms with Gasteiger partial charge in [-0.1, -0.05) is 33.1 Å². The molecule has 2 nitrogen and oxygen atoms in total. The maximum absolute atomic E-state index is 3.91. The van der Waals surface area contributed by atoms with Gasteiger partial charge in [-0.2, -0.15) is 31.9 Å². The van der Waals surface area contributed by atoms with Crippen molar-refractivity contribution in [3.8, 4) is 11.4 Å². The van der Waals surface area contributed by atoms with Gasteiger partial charge in [-0.25, -0.2) is 5.57 Å². The summed E-state index contributed by atoms with van der Waals surface area (Å²) in [6.45, 7) is 34.2. The average molecular weight is 695 g/mol. The molecule has 0 aliphatic heterocycles. The third kappa shape index (κ3) is 9.75. The maximum Gasteiger partial charge on any atom is -0.0607 e. The zero-order valence-electron chi connectivity index (χ0n) is 28.2. The molecule has 0 fully saturated rings. The summed E-state index contributed by atoms with van der Waals surface area (Å²) in [7, 11) is 0. The van der Waals surface area contributed by atoms with Crippen LogP contribution in [0.25, 0.3) is 11.4 Å². The number of aromatic nitrogens is 2. The Labute approximate surface area is 276 Å². The molecule has 0 unspecified atom stereocenters. The minimum Gasteiger partial charge on any atom is -1.00 e. The second kappa shape index (κ2) is 16.7. The van der Waals surface area contributed by atoms with Gasteiger partial charge in [-0.05, 0) is 0 Å². The molecule has 1 aliphatic carbocycles. The van der Waals surface area contributed by atoms with Gasteiger partial charge in [0.1, 0.15) is 0 Å². The van der Waals surface area contributed by atoms with Crippen molar-refractivity contribution in [2.75, 3.05) is 0 Å². The molecule has 1 aromatic heterocycles. The molecule has 3 aromatic rings. The van der Waals surface area contributed by atoms with Crippen LogP contribution in [0.2, 0.25) is 0 Å². The normalized spacial score (nSPS) is 13.2. The van der Waals surface area contributed by atoms with E-state index < -0.39 is 0 Å². The van der Waals surface area contributed by atoms with E-state index in [1.807, 2.05) is 0 Å². The van der Waals surface area contributed by atoms with Crippen molar-refractivity contribution < 1.29 is 41.0 Å². The predicted molar refractivity (Wildman–Crippen MR) is 172 cm³/mol. The van der Waals surface area contributed by atoms with E-state index in [1.165, 1.54) is 71.4 Å². The first-order valence-electron chi connectivity index (χ1n) is 14.0. The monoisotopic (exact) mass is 694 g/mol. The molecule has 0 amide bonds. The molecule has 1 heterocycles. The molecular formula is C37H50Cl2N2Ru-4. The van der Waals surface area contributed by atoms with E-state index in [9.17, 15) is 0 Å². The van der Waals surface area contributed by atoms with Crippen LogP contribution >= 0.6 is 0 Å². The summed E-state index contributed by atoms with van der Waals surface area (Å²) in [5, 5.41) is 0. The Morgan fingerprint density at radius 1 is 0.714 bits per heavy atom. The topological polar surface area (TPSA) is 9.86 Å². The Balaban J connectivity index is 0.000000878. The smallest absolute Gasteiger partial charge is 0.0607 e. The molecule has 0 bridgehead atoms. The van der Waals surface area contributed by atoms with Crippen LogP contribution in [-0.4, -0.2) is 13.4 Å². The largest absolute Gasteiger partial charge is 1.00 e. The van der Waals surface area contributed by atoms with Gasteiger partial charge in [0.15, 0.2) is 0 Å². The van der Waals surface area contributed by atoms with Gasteiger partial charge in [0.25, 0.3) is 0 Å². The minimum atomic E-state index is -0.227. The molecule has 0 spiro atoms. The Bertz CT molecular complexity index is 1460. The molecule has 42 heavy (non-hydrogen) atoms. The number of halogens is 2. The second-order valence-electron chi connectivity index (χ2n) is 12.1. The Kier molecular flexibility index (Phi) is 15.9. The van der Waals surface area contributed by atoms with Crippen molar-refractivity contribution in [1.29, 1.82) is 0 Å². The number of hydrogen-bond acceptors (Lipinski definition) is 0. The van der Waals surface area contributed by atoms with Crippen LogP contribution in [0.1, 0.15) is 88.8 Å². The first kappa shape index (κ1) is 40.0. The molecule has 5 heteroatoms. The van der Waals surface area contributed by atoms with Crippen LogP contribution in [0.3, 0.4) is 0 Å². The van der Waals surface area contributed by atoms with Gasteiger partial charge >= 0.3 is 163 Å². The van der Waals surface area contributed by atoms with E-state index in [2.05, 4.69) is 160 Å². The number of hydrogen-bond donors (Lipinski definition) is 0. The van der Waals surface area contributed by atoms with Gasteiger partial charge in [0.2, 0.25) is 0 Å². The Hall–Kier alpha value is -2.02. The first-order valence-corrected chi connectivity index (χ1v) is 15.7. The molecule has 1 aliphatic rings. The van der Waals surface area contributed by atoms with Crippen LogP contribution < -0.4 is 24.8 Å². The van der Waals surface area contributed by atoms with E-state index in [4.69, 9.17) is 0 Å². The fraction of sp³-hybridized carbons (Fsp3) is 0.405. The average Bonchev–Trinajstić information content (AvgIpc) is 3.26. The first-order chi connectivity index (χ1) is 18.5. The van der Waals surface area contributed by atoms with Crippen molar-refractivity contribution in [2.45, 2.75) is 96.9 Å². The molecule has 0 saturated carbocycles. The standard InChI is InChI=1S/C21H24N2.C10H15.C4H9.C2H2.2ClH.Ru/c1-14-9-16(3)20(17(4)10-14)22-7-8-23(13-22)21-18(5)11-15(2)12-19(21)6;1-7-6-10(4,5)9(3)8(7)2;1-4(2)3;1-2;;;/h7-12H,1-6H3;1-5H3;1-3H3;1H2;2*1H;/q;2*-1;;;;/p-2. The Morgan fingerprint density at radius 3 is 1.26 bits per heavy atom. The molecule has 2 aromatic carbocycles. The quantitative estimate of drug-likeness (QED) is 0.283. The van der Waals surface area contributed by atoms with Gasteiger partial charge < -0.3 is 30.7 Å². The van der Waals surface area contributed by atoms with Crippen molar-refractivity contribution in [3.63, 3.8) is 0 Å². The third-order valence-electron chi connectivity index (χ3n) is 7.21. The van der Waals surface area contributed by atoms with Gasteiger partial charge in [0, 0.05) is 0 Å². The van der Waals surface area contributed by atoms with Crippen LogP contribution in [0, 0.1) is 63.0 Å². The molecule has 0 N–H and O–H groups in total. The number of imidazole rings is 1. The summed E-state index contributed by atoms with van der Waals surface area (Å²) in [6, 6.07) is 9.03. The van der Waals surface area contributed by atoms with Crippen molar-refractivity contribution in [3.05, 3.63) is 109 Å². The van der Waals surface area contributed by atoms with Crippen molar-refractivity contribution in [2.24, 2.45) is 5.41 Å². The van der Waals surface area contributed by atoms with Crippen molar-refractivity contribution in [1.82, 2.24) is 9.13 Å². The van der Waals surface area contributed by atoms with Crippen LogP contribution in [0.15, 0.2) is 60.0 Å². The number of nitrogens with zero attached hydrogens (tertiary/aromatic N) is 2. The predicted octanol–water partition coefficient (Wildman–Crippen LogP) is 4.06. The zero-order chi connectivity index (χ0) is 30.5. The third-order valence-corrected chi connectivity index (χ3v) is 8.74. The molecule has 234 valence electrons. The molecular weight excluding hydrogens is 644 g/mol. The molecule has 4 rings (SSSR count). The summed E-state index contributed by atoms with van der Waals surface area (Å²) in [4.78, 5) is 0. The van der Waals surface area contributed by atoms with Gasteiger partial charge in [-0.15, -0.1) is 6.92 Å². The Morgan fingerprint density at radius 2 is 1.05 bits per heavy atom. The second-order valence-corrected chi connectivity index (χ2v) is 14.0. The summed E-state index contributed by atoms with van der Waals surface area (Å²) in [5.41, 5.74) is 14.8. The molecule has 0 radical (unpaired) electrons. The van der Waals surface area contributed by atoms with Crippen molar-refractivity contribution >= 4 is 4.26 Å². The fourth-order valence-corrected chi connectivity index (χ4v) is 6.69. The SMILES string of the molecule is C=[C]=[Ru]=[c]1n(-c2c(C)cc(C)cc2C)ccn1-c1c(C)cc(C)cc1C.CC1=[C-]C(C)(C)C(C)=C1C.C[C-](C)C.[Cl-].[Cl-]. The maximum atomic E-state index is 3.91. The fourth-order valence-electron chi connectivity index (χ4n) is 5.35. The van der Waals surface area contributed by atoms with E-state index >= 15 is 0 Å². The van der Waals surface area contributed by atoms with Crippen LogP contribution in [0.4, 0.5) is 0 Å². The molecule has 0 atom stereocenters. The summed E-state index contributed by atoms with van der Waals surface area (Å²) >= 11 is -0.227. The van der Waals surface area contributed by atoms with Crippen LogP contribution in [0.5, 0.6) is 0 Å². The summed E-state index contributed by atoms with van der Waals surface area (Å²) in [6.07, 6.45) is 7.81. The van der Waals surface area contributed by atoms with Gasteiger partial charge in [-0.3, -0.25) is 6.08 Å². The van der Waals surface area contributed by atoms with Gasteiger partial charge in [0.05, 0.1) is 0 Å².